The zero-order valence-electron chi connectivity index (χ0n) is 14.4. The number of hydrogen-bond acceptors (Lipinski definition) is 4. The maximum absolute atomic E-state index is 12.6. The van der Waals surface area contributed by atoms with E-state index >= 15 is 0 Å². The molecule has 0 aliphatic heterocycles. The van der Waals surface area contributed by atoms with Gasteiger partial charge in [-0.05, 0) is 55.3 Å². The van der Waals surface area contributed by atoms with E-state index in [9.17, 15) is 13.2 Å². The van der Waals surface area contributed by atoms with Crippen LogP contribution < -0.4 is 10.1 Å². The molecule has 1 saturated carbocycles. The van der Waals surface area contributed by atoms with E-state index in [-0.39, 0.29) is 11.2 Å². The Kier molecular flexibility index (Phi) is 5.53. The maximum Gasteiger partial charge on any atom is 0.259 e. The lowest BCUT2D eigenvalue weighted by atomic mass is 10.2. The highest BCUT2D eigenvalue weighted by molar-refractivity contribution is 7.92. The van der Waals surface area contributed by atoms with Crippen molar-refractivity contribution in [2.75, 3.05) is 12.4 Å². The van der Waals surface area contributed by atoms with Crippen LogP contribution in [0.5, 0.6) is 5.75 Å². The van der Waals surface area contributed by atoms with Crippen LogP contribution in [-0.2, 0) is 9.84 Å². The molecule has 1 amide bonds. The second-order valence-corrected chi connectivity index (χ2v) is 8.94. The maximum atomic E-state index is 12.6. The number of hydrogen-bond donors (Lipinski definition) is 1. The van der Waals surface area contributed by atoms with E-state index in [1.54, 1.807) is 36.4 Å². The molecule has 0 spiro atoms. The Bertz CT molecular complexity index is 904. The minimum atomic E-state index is -3.30. The first-order valence-electron chi connectivity index (χ1n) is 8.40. The molecule has 0 saturated heterocycles. The number of benzene rings is 2. The predicted octanol–water partition coefficient (Wildman–Crippen LogP) is 4.32. The highest BCUT2D eigenvalue weighted by atomic mass is 35.5. The van der Waals surface area contributed by atoms with Gasteiger partial charge >= 0.3 is 0 Å². The smallest absolute Gasteiger partial charge is 0.259 e. The van der Waals surface area contributed by atoms with Crippen LogP contribution in [0, 0.1) is 0 Å². The molecule has 7 heteroatoms. The summed E-state index contributed by atoms with van der Waals surface area (Å²) in [6.45, 7) is 0. The first kappa shape index (κ1) is 18.7. The van der Waals surface area contributed by atoms with E-state index in [1.807, 2.05) is 0 Å². The Morgan fingerprint density at radius 2 is 1.77 bits per heavy atom. The van der Waals surface area contributed by atoms with Crippen LogP contribution in [0.4, 0.5) is 5.69 Å². The van der Waals surface area contributed by atoms with Crippen molar-refractivity contribution in [2.24, 2.45) is 0 Å². The van der Waals surface area contributed by atoms with Crippen LogP contribution in [0.2, 0.25) is 5.02 Å². The van der Waals surface area contributed by atoms with Gasteiger partial charge in [-0.15, -0.1) is 0 Å². The molecule has 0 atom stereocenters. The number of ether oxygens (including phenoxy) is 1. The summed E-state index contributed by atoms with van der Waals surface area (Å²) in [5, 5.41) is 2.87. The molecule has 138 valence electrons. The Morgan fingerprint density at radius 3 is 2.38 bits per heavy atom. The summed E-state index contributed by atoms with van der Waals surface area (Å²) in [6.07, 6.45) is 3.35. The monoisotopic (exact) mass is 393 g/mol. The molecule has 1 aliphatic carbocycles. The highest BCUT2D eigenvalue weighted by Gasteiger charge is 2.30. The first-order valence-corrected chi connectivity index (χ1v) is 10.3. The molecule has 3 rings (SSSR count). The molecule has 5 nitrogen and oxygen atoms in total. The number of halogens is 1. The van der Waals surface area contributed by atoms with Gasteiger partial charge in [0.25, 0.3) is 5.91 Å². The molecular weight excluding hydrogens is 374 g/mol. The summed E-state index contributed by atoms with van der Waals surface area (Å²) < 4.78 is 30.4. The fourth-order valence-corrected chi connectivity index (χ4v) is 5.20. The molecule has 0 aromatic heterocycles. The number of rotatable bonds is 5. The van der Waals surface area contributed by atoms with Gasteiger partial charge in [-0.3, -0.25) is 4.79 Å². The zero-order chi connectivity index (χ0) is 18.7. The van der Waals surface area contributed by atoms with Crippen LogP contribution in [0.15, 0.2) is 47.4 Å². The normalized spacial score (nSPS) is 15.0. The lowest BCUT2D eigenvalue weighted by Gasteiger charge is -2.12. The number of anilines is 1. The van der Waals surface area contributed by atoms with Gasteiger partial charge in [0.2, 0.25) is 0 Å². The van der Waals surface area contributed by atoms with E-state index < -0.39 is 9.84 Å². The number of sulfone groups is 1. The van der Waals surface area contributed by atoms with Crippen LogP contribution >= 0.6 is 11.6 Å². The molecular formula is C19H20ClNO4S. The molecule has 1 fully saturated rings. The molecule has 0 radical (unpaired) electrons. The average molecular weight is 394 g/mol. The highest BCUT2D eigenvalue weighted by Crippen LogP contribution is 2.30. The van der Waals surface area contributed by atoms with Gasteiger partial charge in [0.1, 0.15) is 5.75 Å². The van der Waals surface area contributed by atoms with Gasteiger partial charge in [0.05, 0.1) is 22.8 Å². The van der Waals surface area contributed by atoms with Gasteiger partial charge in [0, 0.05) is 10.7 Å². The minimum Gasteiger partial charge on any atom is -0.496 e. The van der Waals surface area contributed by atoms with Gasteiger partial charge in [-0.2, -0.15) is 0 Å². The van der Waals surface area contributed by atoms with Crippen molar-refractivity contribution in [2.45, 2.75) is 35.8 Å². The molecule has 1 N–H and O–H groups in total. The van der Waals surface area contributed by atoms with Crippen molar-refractivity contribution < 1.29 is 17.9 Å². The van der Waals surface area contributed by atoms with Crippen molar-refractivity contribution in [1.82, 2.24) is 0 Å². The molecule has 26 heavy (non-hydrogen) atoms. The molecule has 2 aromatic carbocycles. The minimum absolute atomic E-state index is 0.293. The summed E-state index contributed by atoms with van der Waals surface area (Å²) >= 11 is 5.95. The second-order valence-electron chi connectivity index (χ2n) is 6.27. The van der Waals surface area contributed by atoms with Crippen molar-refractivity contribution in [3.05, 3.63) is 53.1 Å². The van der Waals surface area contributed by atoms with Crippen LogP contribution in [-0.4, -0.2) is 26.7 Å². The average Bonchev–Trinajstić information content (AvgIpc) is 3.17. The predicted molar refractivity (Wildman–Crippen MR) is 102 cm³/mol. The number of carbonyl (C=O) groups is 1. The van der Waals surface area contributed by atoms with Crippen LogP contribution in [0.25, 0.3) is 0 Å². The Hall–Kier alpha value is -2.05. The summed E-state index contributed by atoms with van der Waals surface area (Å²) in [5.41, 5.74) is 0.810. The third-order valence-corrected chi connectivity index (χ3v) is 7.10. The lowest BCUT2D eigenvalue weighted by Crippen LogP contribution is -2.18. The Balaban J connectivity index is 1.77. The number of methoxy groups -OCH3 is 1. The summed E-state index contributed by atoms with van der Waals surface area (Å²) in [7, 11) is -1.83. The fraction of sp³-hybridized carbons (Fsp3) is 0.316. The largest absolute Gasteiger partial charge is 0.496 e. The van der Waals surface area contributed by atoms with Gasteiger partial charge < -0.3 is 10.1 Å². The quantitative estimate of drug-likeness (QED) is 0.821. The van der Waals surface area contributed by atoms with Crippen molar-refractivity contribution in [3.8, 4) is 5.75 Å². The fourth-order valence-electron chi connectivity index (χ4n) is 3.18. The van der Waals surface area contributed by atoms with Crippen molar-refractivity contribution in [3.63, 3.8) is 0 Å². The van der Waals surface area contributed by atoms with Gasteiger partial charge in [-0.25, -0.2) is 8.42 Å². The van der Waals surface area contributed by atoms with E-state index in [2.05, 4.69) is 5.32 Å². The number of nitrogens with one attached hydrogen (secondary N) is 1. The zero-order valence-corrected chi connectivity index (χ0v) is 15.9. The van der Waals surface area contributed by atoms with E-state index in [0.717, 1.165) is 25.7 Å². The van der Waals surface area contributed by atoms with Crippen LogP contribution in [0.3, 0.4) is 0 Å². The summed E-state index contributed by atoms with van der Waals surface area (Å²) in [5.74, 6) is 0.0306. The molecule has 0 unspecified atom stereocenters. The third-order valence-electron chi connectivity index (χ3n) is 4.59. The standard InChI is InChI=1S/C19H20ClNO4S/c1-25-18-11-6-13(20)12-17(18)19(22)21-14-7-9-16(10-8-14)26(23,24)15-4-2-3-5-15/h6-12,15H,2-5H2,1H3,(H,21,22). The number of amides is 1. The molecule has 2 aromatic rings. The number of carbonyl (C=O) groups excluding carboxylic acids is 1. The van der Waals surface area contributed by atoms with Crippen molar-refractivity contribution >= 4 is 33.0 Å². The van der Waals surface area contributed by atoms with Crippen molar-refractivity contribution in [1.29, 1.82) is 0 Å². The molecule has 0 bridgehead atoms. The van der Waals surface area contributed by atoms with E-state index in [4.69, 9.17) is 16.3 Å². The summed E-state index contributed by atoms with van der Waals surface area (Å²) in [6, 6.07) is 11.0. The third kappa shape index (κ3) is 3.86. The SMILES string of the molecule is COc1ccc(Cl)cc1C(=O)Nc1ccc(S(=O)(=O)C2CCCC2)cc1. The van der Waals surface area contributed by atoms with Gasteiger partial charge in [-0.1, -0.05) is 24.4 Å². The topological polar surface area (TPSA) is 72.5 Å². The lowest BCUT2D eigenvalue weighted by molar-refractivity contribution is 0.102. The van der Waals surface area contributed by atoms with Crippen LogP contribution in [0.1, 0.15) is 36.0 Å². The van der Waals surface area contributed by atoms with Gasteiger partial charge in [0.15, 0.2) is 9.84 Å². The Labute approximate surface area is 158 Å². The first-order chi connectivity index (χ1) is 12.4. The summed E-state index contributed by atoms with van der Waals surface area (Å²) in [4.78, 5) is 12.8. The molecule has 0 heterocycles. The second kappa shape index (κ2) is 7.68. The van der Waals surface area contributed by atoms with E-state index in [0.29, 0.717) is 26.9 Å². The van der Waals surface area contributed by atoms with E-state index in [1.165, 1.54) is 13.2 Å². The molecule has 1 aliphatic rings. The Morgan fingerprint density at radius 1 is 1.12 bits per heavy atom.